The van der Waals surface area contributed by atoms with Crippen molar-refractivity contribution in [2.75, 3.05) is 0 Å². The fourth-order valence-corrected chi connectivity index (χ4v) is 3.54. The minimum Gasteiger partial charge on any atom is -0.455 e. The molecule has 24 heavy (non-hydrogen) atoms. The molecule has 2 heterocycles. The Balaban J connectivity index is 2.24. The van der Waals surface area contributed by atoms with Gasteiger partial charge < -0.3 is 8.98 Å². The highest BCUT2D eigenvalue weighted by Gasteiger charge is 2.17. The Morgan fingerprint density at radius 1 is 0.958 bits per heavy atom. The third-order valence-corrected chi connectivity index (χ3v) is 4.62. The Labute approximate surface area is 135 Å². The molecule has 2 aromatic heterocycles. The number of rotatable bonds is 0. The minimum absolute atomic E-state index is 0.0649. The second-order valence-electron chi connectivity index (χ2n) is 6.01. The van der Waals surface area contributed by atoms with Crippen molar-refractivity contribution in [3.63, 3.8) is 0 Å². The lowest BCUT2D eigenvalue weighted by atomic mass is 10.0. The van der Waals surface area contributed by atoms with E-state index in [4.69, 9.17) is 4.42 Å². The van der Waals surface area contributed by atoms with Crippen molar-refractivity contribution in [3.8, 4) is 0 Å². The molecule has 0 spiro atoms. The van der Waals surface area contributed by atoms with E-state index in [9.17, 15) is 9.18 Å². The smallest absolute Gasteiger partial charge is 0.202 e. The SMILES string of the molecule is Cn1ccc2c3cc(F)ccc3c3oc4ccccc4c(=O)c3c21. The van der Waals surface area contributed by atoms with Gasteiger partial charge in [0.1, 0.15) is 17.0 Å². The molecule has 0 aliphatic heterocycles. The molecule has 0 bridgehead atoms. The van der Waals surface area contributed by atoms with Gasteiger partial charge in [-0.05, 0) is 41.8 Å². The van der Waals surface area contributed by atoms with Crippen molar-refractivity contribution >= 4 is 43.6 Å². The van der Waals surface area contributed by atoms with Gasteiger partial charge in [0, 0.05) is 24.0 Å². The summed E-state index contributed by atoms with van der Waals surface area (Å²) in [4.78, 5) is 13.1. The molecule has 0 amide bonds. The quantitative estimate of drug-likeness (QED) is 0.306. The summed E-state index contributed by atoms with van der Waals surface area (Å²) in [7, 11) is 1.88. The Bertz CT molecular complexity index is 1340. The van der Waals surface area contributed by atoms with Crippen LogP contribution in [0.15, 0.2) is 63.9 Å². The summed E-state index contributed by atoms with van der Waals surface area (Å²) in [5.74, 6) is -0.310. The van der Waals surface area contributed by atoms with E-state index in [1.54, 1.807) is 18.2 Å². The topological polar surface area (TPSA) is 35.1 Å². The summed E-state index contributed by atoms with van der Waals surface area (Å²) in [6, 6.07) is 13.7. The fourth-order valence-electron chi connectivity index (χ4n) is 3.54. The molecule has 0 aliphatic carbocycles. The largest absolute Gasteiger partial charge is 0.455 e. The average molecular weight is 317 g/mol. The maximum absolute atomic E-state index is 13.8. The van der Waals surface area contributed by atoms with Crippen LogP contribution in [-0.2, 0) is 7.05 Å². The number of halogens is 1. The van der Waals surface area contributed by atoms with Gasteiger partial charge in [0.25, 0.3) is 0 Å². The van der Waals surface area contributed by atoms with Crippen LogP contribution in [0.2, 0.25) is 0 Å². The van der Waals surface area contributed by atoms with Gasteiger partial charge in [-0.1, -0.05) is 12.1 Å². The van der Waals surface area contributed by atoms with E-state index in [2.05, 4.69) is 0 Å². The van der Waals surface area contributed by atoms with Crippen LogP contribution in [0.4, 0.5) is 4.39 Å². The van der Waals surface area contributed by atoms with Crippen LogP contribution < -0.4 is 5.43 Å². The summed E-state index contributed by atoms with van der Waals surface area (Å²) < 4.78 is 21.8. The lowest BCUT2D eigenvalue weighted by Crippen LogP contribution is -2.04. The first-order chi connectivity index (χ1) is 11.6. The van der Waals surface area contributed by atoms with Crippen molar-refractivity contribution in [3.05, 3.63) is 70.8 Å². The Morgan fingerprint density at radius 2 is 1.79 bits per heavy atom. The van der Waals surface area contributed by atoms with Crippen LogP contribution in [-0.4, -0.2) is 4.57 Å². The lowest BCUT2D eigenvalue weighted by Gasteiger charge is -2.09. The Hall–Kier alpha value is -3.14. The maximum atomic E-state index is 13.8. The van der Waals surface area contributed by atoms with E-state index in [1.165, 1.54) is 12.1 Å². The fraction of sp³-hybridized carbons (Fsp3) is 0.0500. The molecule has 5 rings (SSSR count). The molecular weight excluding hydrogens is 305 g/mol. The molecule has 0 atom stereocenters. The van der Waals surface area contributed by atoms with E-state index in [1.807, 2.05) is 36.0 Å². The zero-order chi connectivity index (χ0) is 16.4. The molecule has 5 aromatic rings. The number of para-hydroxylation sites is 1. The number of hydrogen-bond acceptors (Lipinski definition) is 2. The van der Waals surface area contributed by atoms with Crippen LogP contribution >= 0.6 is 0 Å². The first kappa shape index (κ1) is 13.3. The molecular formula is C20H12FNO2. The zero-order valence-corrected chi connectivity index (χ0v) is 12.8. The third kappa shape index (κ3) is 1.57. The van der Waals surface area contributed by atoms with Crippen LogP contribution in [0.1, 0.15) is 0 Å². The Kier molecular flexibility index (Phi) is 2.47. The second kappa shape index (κ2) is 4.45. The normalized spacial score (nSPS) is 11.9. The van der Waals surface area contributed by atoms with E-state index in [-0.39, 0.29) is 11.2 Å². The summed E-state index contributed by atoms with van der Waals surface area (Å²) >= 11 is 0. The summed E-state index contributed by atoms with van der Waals surface area (Å²) in [6.45, 7) is 0. The van der Waals surface area contributed by atoms with Gasteiger partial charge in [0.05, 0.1) is 16.3 Å². The van der Waals surface area contributed by atoms with Gasteiger partial charge >= 0.3 is 0 Å². The molecule has 0 aliphatic rings. The summed E-state index contributed by atoms with van der Waals surface area (Å²) in [5, 5.41) is 3.43. The number of fused-ring (bicyclic) bond motifs is 7. The number of nitrogens with zero attached hydrogens (tertiary/aromatic N) is 1. The first-order valence-corrected chi connectivity index (χ1v) is 7.67. The van der Waals surface area contributed by atoms with Crippen molar-refractivity contribution in [1.29, 1.82) is 0 Å². The molecule has 0 saturated carbocycles. The number of hydrogen-bond donors (Lipinski definition) is 0. The lowest BCUT2D eigenvalue weighted by molar-refractivity contribution is 0.629. The highest BCUT2D eigenvalue weighted by Crippen LogP contribution is 2.35. The van der Waals surface area contributed by atoms with Gasteiger partial charge in [-0.15, -0.1) is 0 Å². The Morgan fingerprint density at radius 3 is 2.67 bits per heavy atom. The van der Waals surface area contributed by atoms with Crippen molar-refractivity contribution in [2.45, 2.75) is 0 Å². The standard InChI is InChI=1S/C20H12FNO2/c1-22-9-8-12-15-10-11(21)6-7-13(15)20-17(18(12)22)19(23)14-4-2-3-5-16(14)24-20/h2-10H,1H3. The van der Waals surface area contributed by atoms with Gasteiger partial charge in [-0.2, -0.15) is 0 Å². The first-order valence-electron chi connectivity index (χ1n) is 7.67. The van der Waals surface area contributed by atoms with E-state index < -0.39 is 0 Å². The number of benzene rings is 3. The highest BCUT2D eigenvalue weighted by atomic mass is 19.1. The highest BCUT2D eigenvalue weighted by molar-refractivity contribution is 6.23. The third-order valence-electron chi connectivity index (χ3n) is 4.62. The van der Waals surface area contributed by atoms with Crippen LogP contribution in [0, 0.1) is 5.82 Å². The predicted octanol–water partition coefficient (Wildman–Crippen LogP) is 4.73. The molecule has 0 saturated heterocycles. The molecule has 4 heteroatoms. The number of aryl methyl sites for hydroxylation is 1. The molecule has 0 radical (unpaired) electrons. The minimum atomic E-state index is -0.310. The van der Waals surface area contributed by atoms with E-state index in [0.29, 0.717) is 21.9 Å². The molecule has 0 fully saturated rings. The van der Waals surface area contributed by atoms with Gasteiger partial charge in [-0.25, -0.2) is 4.39 Å². The summed E-state index contributed by atoms with van der Waals surface area (Å²) in [5.41, 5.74) is 1.74. The van der Waals surface area contributed by atoms with E-state index in [0.717, 1.165) is 21.7 Å². The van der Waals surface area contributed by atoms with Crippen LogP contribution in [0.3, 0.4) is 0 Å². The van der Waals surface area contributed by atoms with Crippen LogP contribution in [0.25, 0.3) is 43.6 Å². The van der Waals surface area contributed by atoms with Crippen LogP contribution in [0.5, 0.6) is 0 Å². The molecule has 3 nitrogen and oxygen atoms in total. The van der Waals surface area contributed by atoms with Gasteiger partial charge in [-0.3, -0.25) is 4.79 Å². The predicted molar refractivity (Wildman–Crippen MR) is 93.9 cm³/mol. The van der Waals surface area contributed by atoms with Crippen molar-refractivity contribution < 1.29 is 8.81 Å². The van der Waals surface area contributed by atoms with E-state index >= 15 is 0 Å². The average Bonchev–Trinajstić information content (AvgIpc) is 2.97. The second-order valence-corrected chi connectivity index (χ2v) is 6.01. The molecule has 0 unspecified atom stereocenters. The number of aromatic nitrogens is 1. The van der Waals surface area contributed by atoms with Gasteiger partial charge in [0.15, 0.2) is 0 Å². The molecule has 0 N–H and O–H groups in total. The van der Waals surface area contributed by atoms with Gasteiger partial charge in [0.2, 0.25) is 5.43 Å². The zero-order valence-electron chi connectivity index (χ0n) is 12.8. The van der Waals surface area contributed by atoms with Crippen molar-refractivity contribution in [1.82, 2.24) is 4.57 Å². The molecule has 3 aromatic carbocycles. The summed E-state index contributed by atoms with van der Waals surface area (Å²) in [6.07, 6.45) is 1.88. The maximum Gasteiger partial charge on any atom is 0.202 e. The van der Waals surface area contributed by atoms with Crippen molar-refractivity contribution in [2.24, 2.45) is 7.05 Å². The molecule has 116 valence electrons. The monoisotopic (exact) mass is 317 g/mol.